The van der Waals surface area contributed by atoms with E-state index in [1.807, 2.05) is 0 Å². The molecule has 0 amide bonds. The lowest BCUT2D eigenvalue weighted by molar-refractivity contribution is 0.360. The molecule has 0 aromatic carbocycles. The highest BCUT2D eigenvalue weighted by Crippen LogP contribution is 2.14. The fraction of sp³-hybridized carbons (Fsp3) is 1.00. The Morgan fingerprint density at radius 3 is 2.00 bits per heavy atom. The summed E-state index contributed by atoms with van der Waals surface area (Å²) in [6, 6.07) is 0.477. The van der Waals surface area contributed by atoms with E-state index in [-0.39, 0.29) is 12.1 Å². The van der Waals surface area contributed by atoms with Gasteiger partial charge in [-0.15, -0.1) is 0 Å². The third-order valence-electron chi connectivity index (χ3n) is 2.93. The van der Waals surface area contributed by atoms with E-state index in [4.69, 9.17) is 22.9 Å². The van der Waals surface area contributed by atoms with Crippen molar-refractivity contribution in [3.05, 3.63) is 0 Å². The molecule has 4 nitrogen and oxygen atoms in total. The molecule has 0 spiro atoms. The third-order valence-corrected chi connectivity index (χ3v) is 2.93. The molecule has 15 heavy (non-hydrogen) atoms. The lowest BCUT2D eigenvalue weighted by Crippen LogP contribution is -2.34. The Hall–Kier alpha value is -0.160. The van der Waals surface area contributed by atoms with Gasteiger partial charge in [-0.05, 0) is 51.1 Å². The molecular weight excluding hydrogens is 188 g/mol. The van der Waals surface area contributed by atoms with Gasteiger partial charge < -0.3 is 22.9 Å². The molecule has 0 fully saturated rings. The van der Waals surface area contributed by atoms with Crippen LogP contribution in [0.2, 0.25) is 0 Å². The Labute approximate surface area is 93.7 Å². The highest BCUT2D eigenvalue weighted by atomic mass is 14.7. The lowest BCUT2D eigenvalue weighted by Gasteiger charge is -2.22. The molecule has 0 rings (SSSR count). The first-order valence-corrected chi connectivity index (χ1v) is 6.03. The van der Waals surface area contributed by atoms with Crippen LogP contribution < -0.4 is 22.9 Å². The van der Waals surface area contributed by atoms with E-state index in [2.05, 4.69) is 6.92 Å². The highest BCUT2D eigenvalue weighted by Gasteiger charge is 2.15. The molecule has 0 saturated carbocycles. The number of rotatable bonds is 9. The number of nitrogens with two attached hydrogens (primary N) is 4. The summed E-state index contributed by atoms with van der Waals surface area (Å²) in [7, 11) is 0. The van der Waals surface area contributed by atoms with E-state index in [1.54, 1.807) is 0 Å². The average molecular weight is 216 g/mol. The Bertz CT molecular complexity index is 141. The molecule has 0 aliphatic heterocycles. The second kappa shape index (κ2) is 9.09. The average Bonchev–Trinajstić information content (AvgIpc) is 2.22. The normalized spacial score (nSPS) is 17.4. The minimum absolute atomic E-state index is 0.234. The van der Waals surface area contributed by atoms with Crippen LogP contribution in [0.5, 0.6) is 0 Å². The van der Waals surface area contributed by atoms with Gasteiger partial charge in [-0.2, -0.15) is 0 Å². The first kappa shape index (κ1) is 14.8. The molecule has 3 atom stereocenters. The summed E-state index contributed by atoms with van der Waals surface area (Å²) in [5.41, 5.74) is 22.9. The molecule has 0 heterocycles. The van der Waals surface area contributed by atoms with Gasteiger partial charge in [-0.1, -0.05) is 6.92 Å². The van der Waals surface area contributed by atoms with E-state index in [0.717, 1.165) is 45.2 Å². The Morgan fingerprint density at radius 2 is 1.47 bits per heavy atom. The predicted octanol–water partition coefficient (Wildman–Crippen LogP) is 0.145. The maximum atomic E-state index is 6.04. The van der Waals surface area contributed by atoms with Crippen LogP contribution in [0.4, 0.5) is 0 Å². The van der Waals surface area contributed by atoms with Crippen molar-refractivity contribution in [2.75, 3.05) is 13.1 Å². The van der Waals surface area contributed by atoms with Gasteiger partial charge in [0.25, 0.3) is 0 Å². The van der Waals surface area contributed by atoms with Crippen molar-refractivity contribution in [1.82, 2.24) is 0 Å². The van der Waals surface area contributed by atoms with E-state index >= 15 is 0 Å². The molecule has 4 heteroatoms. The van der Waals surface area contributed by atoms with Gasteiger partial charge >= 0.3 is 0 Å². The van der Waals surface area contributed by atoms with Crippen molar-refractivity contribution in [1.29, 1.82) is 0 Å². The molecular formula is C11H28N4. The van der Waals surface area contributed by atoms with Crippen LogP contribution in [0.3, 0.4) is 0 Å². The maximum absolute atomic E-state index is 6.04. The van der Waals surface area contributed by atoms with Crippen LogP contribution in [0.15, 0.2) is 0 Å². The first-order chi connectivity index (χ1) is 7.11. The zero-order chi connectivity index (χ0) is 11.7. The highest BCUT2D eigenvalue weighted by molar-refractivity contribution is 4.74. The smallest absolute Gasteiger partial charge is 0.00655 e. The van der Waals surface area contributed by atoms with Gasteiger partial charge in [0.2, 0.25) is 0 Å². The SMILES string of the molecule is CC(CC(N)CCCN)C(N)CCCN. The van der Waals surface area contributed by atoms with E-state index in [0.29, 0.717) is 5.92 Å². The molecule has 0 saturated heterocycles. The molecule has 92 valence electrons. The van der Waals surface area contributed by atoms with E-state index in [9.17, 15) is 0 Å². The molecule has 0 radical (unpaired) electrons. The van der Waals surface area contributed by atoms with Gasteiger partial charge in [-0.25, -0.2) is 0 Å². The van der Waals surface area contributed by atoms with Crippen molar-refractivity contribution in [3.8, 4) is 0 Å². The molecule has 0 aromatic heterocycles. The monoisotopic (exact) mass is 216 g/mol. The van der Waals surface area contributed by atoms with Crippen molar-refractivity contribution < 1.29 is 0 Å². The van der Waals surface area contributed by atoms with Crippen molar-refractivity contribution in [2.24, 2.45) is 28.9 Å². The molecule has 0 aliphatic carbocycles. The fourth-order valence-corrected chi connectivity index (χ4v) is 1.79. The first-order valence-electron chi connectivity index (χ1n) is 6.03. The minimum atomic E-state index is 0.234. The summed E-state index contributed by atoms with van der Waals surface area (Å²) in [4.78, 5) is 0. The van der Waals surface area contributed by atoms with Crippen molar-refractivity contribution >= 4 is 0 Å². The van der Waals surface area contributed by atoms with Crippen LogP contribution in [-0.4, -0.2) is 25.2 Å². The van der Waals surface area contributed by atoms with E-state index in [1.165, 1.54) is 0 Å². The summed E-state index contributed by atoms with van der Waals surface area (Å²) in [5.74, 6) is 0.476. The molecule has 3 unspecified atom stereocenters. The van der Waals surface area contributed by atoms with Crippen LogP contribution in [0.1, 0.15) is 39.0 Å². The van der Waals surface area contributed by atoms with Crippen molar-refractivity contribution in [3.63, 3.8) is 0 Å². The zero-order valence-corrected chi connectivity index (χ0v) is 9.99. The maximum Gasteiger partial charge on any atom is 0.00655 e. The summed E-state index contributed by atoms with van der Waals surface area (Å²) >= 11 is 0. The minimum Gasteiger partial charge on any atom is -0.330 e. The zero-order valence-electron chi connectivity index (χ0n) is 9.99. The lowest BCUT2D eigenvalue weighted by atomic mass is 9.90. The van der Waals surface area contributed by atoms with Crippen LogP contribution in [-0.2, 0) is 0 Å². The molecule has 0 bridgehead atoms. The van der Waals surface area contributed by atoms with Gasteiger partial charge in [0.05, 0.1) is 0 Å². The Kier molecular flexibility index (Phi) is 9.00. The van der Waals surface area contributed by atoms with Crippen LogP contribution in [0, 0.1) is 5.92 Å². The Balaban J connectivity index is 3.64. The third kappa shape index (κ3) is 7.73. The number of hydrogen-bond acceptors (Lipinski definition) is 4. The second-order valence-electron chi connectivity index (χ2n) is 4.50. The topological polar surface area (TPSA) is 104 Å². The van der Waals surface area contributed by atoms with Gasteiger partial charge in [-0.3, -0.25) is 0 Å². The van der Waals surface area contributed by atoms with Gasteiger partial charge in [0.1, 0.15) is 0 Å². The fourth-order valence-electron chi connectivity index (χ4n) is 1.79. The summed E-state index contributed by atoms with van der Waals surface area (Å²) in [5, 5.41) is 0. The number of hydrogen-bond donors (Lipinski definition) is 4. The summed E-state index contributed by atoms with van der Waals surface area (Å²) in [6.07, 6.45) is 5.01. The summed E-state index contributed by atoms with van der Waals surface area (Å²) < 4.78 is 0. The van der Waals surface area contributed by atoms with Crippen LogP contribution >= 0.6 is 0 Å². The summed E-state index contributed by atoms with van der Waals surface area (Å²) in [6.45, 7) is 3.62. The quantitative estimate of drug-likeness (QED) is 0.440. The van der Waals surface area contributed by atoms with Crippen molar-refractivity contribution in [2.45, 2.75) is 51.1 Å². The molecule has 0 aromatic rings. The largest absolute Gasteiger partial charge is 0.330 e. The van der Waals surface area contributed by atoms with Crippen LogP contribution in [0.25, 0.3) is 0 Å². The standard InChI is InChI=1S/C11H28N4/c1-9(11(15)5-3-7-13)8-10(14)4-2-6-12/h9-11H,2-8,12-15H2,1H3. The van der Waals surface area contributed by atoms with Gasteiger partial charge in [0, 0.05) is 12.1 Å². The molecule has 8 N–H and O–H groups in total. The molecule has 0 aliphatic rings. The van der Waals surface area contributed by atoms with Gasteiger partial charge in [0.15, 0.2) is 0 Å². The predicted molar refractivity (Wildman–Crippen MR) is 66.3 cm³/mol. The van der Waals surface area contributed by atoms with E-state index < -0.39 is 0 Å². The second-order valence-corrected chi connectivity index (χ2v) is 4.50. The Morgan fingerprint density at radius 1 is 0.933 bits per heavy atom.